The molecular weight excluding hydrogens is 498 g/mol. The zero-order valence-corrected chi connectivity index (χ0v) is 23.5. The molecule has 1 unspecified atom stereocenters. The molecule has 0 saturated heterocycles. The molecule has 0 radical (unpaired) electrons. The Kier molecular flexibility index (Phi) is 7.54. The van der Waals surface area contributed by atoms with Crippen molar-refractivity contribution in [2.24, 2.45) is 5.92 Å². The molecule has 0 saturated carbocycles. The summed E-state index contributed by atoms with van der Waals surface area (Å²) < 4.78 is 13.0. The number of thiazole rings is 1. The smallest absolute Gasteiger partial charge is 0.337 e. The minimum absolute atomic E-state index is 0.380. The number of unbranched alkanes of at least 4 members (excludes halogenated alkanes) is 1. The summed E-state index contributed by atoms with van der Waals surface area (Å²) in [6, 6.07) is 8.04. The fraction of sp³-hybridized carbons (Fsp3) is 0.433. The molecule has 7 nitrogen and oxygen atoms in total. The molecule has 4 aromatic rings. The maximum atomic E-state index is 12.6. The van der Waals surface area contributed by atoms with E-state index in [1.165, 1.54) is 5.56 Å². The molecule has 0 spiro atoms. The van der Waals surface area contributed by atoms with Gasteiger partial charge in [0, 0.05) is 54.9 Å². The first-order valence-corrected chi connectivity index (χ1v) is 14.1. The van der Waals surface area contributed by atoms with Crippen LogP contribution in [-0.4, -0.2) is 47.8 Å². The Morgan fingerprint density at radius 3 is 2.84 bits per heavy atom. The van der Waals surface area contributed by atoms with E-state index in [4.69, 9.17) is 19.4 Å². The second-order valence-electron chi connectivity index (χ2n) is 10.4. The Balaban J connectivity index is 1.81. The quantitative estimate of drug-likeness (QED) is 0.225. The molecule has 0 bridgehead atoms. The number of aromatic nitrogens is 2. The van der Waals surface area contributed by atoms with Crippen molar-refractivity contribution in [3.05, 3.63) is 47.2 Å². The molecule has 1 atom stereocenters. The highest BCUT2D eigenvalue weighted by Crippen LogP contribution is 2.46. The third-order valence-corrected chi connectivity index (χ3v) is 8.19. The molecule has 3 heterocycles. The molecule has 2 aromatic heterocycles. The molecule has 0 aliphatic carbocycles. The Morgan fingerprint density at radius 1 is 1.29 bits per heavy atom. The lowest BCUT2D eigenvalue weighted by molar-refractivity contribution is -0.151. The molecule has 38 heavy (non-hydrogen) atoms. The van der Waals surface area contributed by atoms with Crippen molar-refractivity contribution >= 4 is 43.6 Å². The third kappa shape index (κ3) is 4.83. The van der Waals surface area contributed by atoms with Crippen LogP contribution >= 0.6 is 11.3 Å². The number of hydrogen-bond donors (Lipinski definition) is 1. The van der Waals surface area contributed by atoms with Crippen LogP contribution in [0.25, 0.3) is 32.2 Å². The largest absolute Gasteiger partial charge is 0.493 e. The molecule has 1 N–H and O–H groups in total. The van der Waals surface area contributed by atoms with Crippen LogP contribution in [0.15, 0.2) is 30.5 Å². The lowest BCUT2D eigenvalue weighted by atomic mass is 9.89. The zero-order valence-electron chi connectivity index (χ0n) is 22.7. The van der Waals surface area contributed by atoms with Gasteiger partial charge >= 0.3 is 5.97 Å². The number of hydrogen-bond acceptors (Lipinski definition) is 7. The van der Waals surface area contributed by atoms with Crippen molar-refractivity contribution in [1.29, 1.82) is 0 Å². The summed E-state index contributed by atoms with van der Waals surface area (Å²) >= 11 is 1.59. The summed E-state index contributed by atoms with van der Waals surface area (Å²) in [4.78, 5) is 24.6. The Bertz CT molecular complexity index is 1490. The van der Waals surface area contributed by atoms with Gasteiger partial charge in [-0.05, 0) is 54.7 Å². The molecule has 8 heteroatoms. The van der Waals surface area contributed by atoms with Crippen molar-refractivity contribution < 1.29 is 19.4 Å². The molecular formula is C30H35N3O4S. The average molecular weight is 534 g/mol. The predicted octanol–water partition coefficient (Wildman–Crippen LogP) is 6.79. The van der Waals surface area contributed by atoms with Gasteiger partial charge in [0.15, 0.2) is 11.2 Å². The van der Waals surface area contributed by atoms with Gasteiger partial charge in [-0.1, -0.05) is 38.5 Å². The van der Waals surface area contributed by atoms with Crippen LogP contribution in [0.1, 0.15) is 56.4 Å². The number of carbonyl (C=O) groups is 1. The number of pyridine rings is 1. The minimum atomic E-state index is -1.10. The summed E-state index contributed by atoms with van der Waals surface area (Å²) in [6.45, 7) is 10.3. The van der Waals surface area contributed by atoms with E-state index in [-0.39, 0.29) is 0 Å². The Hall–Kier alpha value is -3.23. The number of benzene rings is 2. The van der Waals surface area contributed by atoms with Crippen molar-refractivity contribution in [3.63, 3.8) is 0 Å². The van der Waals surface area contributed by atoms with Gasteiger partial charge in [0.25, 0.3) is 0 Å². The van der Waals surface area contributed by atoms with E-state index < -0.39 is 12.1 Å². The average Bonchev–Trinajstić information content (AvgIpc) is 3.30. The molecule has 1 aliphatic heterocycles. The number of fused-ring (bicyclic) bond motifs is 1. The number of aliphatic carboxylic acids is 1. The van der Waals surface area contributed by atoms with Crippen LogP contribution in [0.3, 0.4) is 0 Å². The van der Waals surface area contributed by atoms with Gasteiger partial charge in [0.1, 0.15) is 5.75 Å². The van der Waals surface area contributed by atoms with Crippen molar-refractivity contribution in [2.75, 3.05) is 31.7 Å². The number of carboxylic acids is 1. The SMILES string of the molecule is CCCCOC(C(=O)O)c1c(C)cc2nc(N(C)CC(C)C)sc2c1-c1ccc2c3c(ccnc13)CCO2. The van der Waals surface area contributed by atoms with E-state index in [2.05, 4.69) is 32.7 Å². The lowest BCUT2D eigenvalue weighted by Gasteiger charge is -2.23. The van der Waals surface area contributed by atoms with Crippen molar-refractivity contribution in [2.45, 2.75) is 53.1 Å². The van der Waals surface area contributed by atoms with Crippen LogP contribution in [0.4, 0.5) is 5.13 Å². The maximum Gasteiger partial charge on any atom is 0.337 e. The van der Waals surface area contributed by atoms with E-state index in [1.54, 1.807) is 11.3 Å². The van der Waals surface area contributed by atoms with Gasteiger partial charge in [-0.15, -0.1) is 0 Å². The molecule has 0 fully saturated rings. The minimum Gasteiger partial charge on any atom is -0.493 e. The predicted molar refractivity (Wildman–Crippen MR) is 154 cm³/mol. The number of ether oxygens (including phenoxy) is 2. The first-order chi connectivity index (χ1) is 18.3. The van der Waals surface area contributed by atoms with Gasteiger partial charge in [0.05, 0.1) is 22.3 Å². The van der Waals surface area contributed by atoms with Gasteiger partial charge in [-0.3, -0.25) is 4.98 Å². The van der Waals surface area contributed by atoms with Crippen LogP contribution < -0.4 is 9.64 Å². The summed E-state index contributed by atoms with van der Waals surface area (Å²) in [5, 5.41) is 12.3. The van der Waals surface area contributed by atoms with Crippen LogP contribution in [0.5, 0.6) is 5.75 Å². The lowest BCUT2D eigenvalue weighted by Crippen LogP contribution is -2.22. The molecule has 0 amide bonds. The first-order valence-electron chi connectivity index (χ1n) is 13.3. The van der Waals surface area contributed by atoms with Crippen LogP contribution in [-0.2, 0) is 16.0 Å². The van der Waals surface area contributed by atoms with E-state index in [0.717, 1.165) is 74.5 Å². The molecule has 1 aliphatic rings. The highest BCUT2D eigenvalue weighted by Gasteiger charge is 2.31. The number of rotatable bonds is 10. The standard InChI is InChI=1S/C30H35N3O4S/c1-6-7-13-37-27(29(34)35)23-18(4)15-21-28(38-30(32-21)33(5)16-17(2)3)25(23)20-8-9-22-24-19(11-14-36-22)10-12-31-26(20)24/h8-10,12,15,17,27H,6-7,11,13-14,16H2,1-5H3,(H,34,35). The summed E-state index contributed by atoms with van der Waals surface area (Å²) in [7, 11) is 2.06. The second kappa shape index (κ2) is 10.9. The summed E-state index contributed by atoms with van der Waals surface area (Å²) in [5.41, 5.74) is 6.10. The Labute approximate surface area is 227 Å². The van der Waals surface area contributed by atoms with Gasteiger partial charge in [-0.25, -0.2) is 9.78 Å². The monoisotopic (exact) mass is 533 g/mol. The summed E-state index contributed by atoms with van der Waals surface area (Å²) in [5.74, 6) is 0.307. The second-order valence-corrected chi connectivity index (χ2v) is 11.4. The first kappa shape index (κ1) is 26.4. The van der Waals surface area contributed by atoms with E-state index in [9.17, 15) is 9.90 Å². The zero-order chi connectivity index (χ0) is 27.0. The van der Waals surface area contributed by atoms with Crippen LogP contribution in [0, 0.1) is 12.8 Å². The molecule has 5 rings (SSSR count). The van der Waals surface area contributed by atoms with Crippen molar-refractivity contribution in [1.82, 2.24) is 9.97 Å². The van der Waals surface area contributed by atoms with Crippen LogP contribution in [0.2, 0.25) is 0 Å². The molecule has 2 aromatic carbocycles. The fourth-order valence-electron chi connectivity index (χ4n) is 5.32. The normalized spacial score (nSPS) is 13.7. The molecule has 200 valence electrons. The van der Waals surface area contributed by atoms with E-state index in [0.29, 0.717) is 24.7 Å². The highest BCUT2D eigenvalue weighted by molar-refractivity contribution is 7.22. The van der Waals surface area contributed by atoms with Gasteiger partial charge < -0.3 is 19.5 Å². The fourth-order valence-corrected chi connectivity index (χ4v) is 6.41. The number of nitrogens with zero attached hydrogens (tertiary/aromatic N) is 3. The van der Waals surface area contributed by atoms with Gasteiger partial charge in [0.2, 0.25) is 0 Å². The number of carboxylic acid groups (broad SMARTS) is 1. The van der Waals surface area contributed by atoms with Crippen molar-refractivity contribution in [3.8, 4) is 16.9 Å². The maximum absolute atomic E-state index is 12.6. The Morgan fingerprint density at radius 2 is 2.11 bits per heavy atom. The van der Waals surface area contributed by atoms with Gasteiger partial charge in [-0.2, -0.15) is 0 Å². The van der Waals surface area contributed by atoms with E-state index in [1.807, 2.05) is 37.4 Å². The van der Waals surface area contributed by atoms with E-state index >= 15 is 0 Å². The number of aryl methyl sites for hydroxylation is 1. The number of anilines is 1. The summed E-state index contributed by atoms with van der Waals surface area (Å²) in [6.07, 6.45) is 3.28. The topological polar surface area (TPSA) is 84.8 Å². The highest BCUT2D eigenvalue weighted by atomic mass is 32.1. The third-order valence-electron chi connectivity index (χ3n) is 6.99.